The molecule has 3 unspecified atom stereocenters. The fourth-order valence-corrected chi connectivity index (χ4v) is 4.81. The van der Waals surface area contributed by atoms with Crippen molar-refractivity contribution in [1.82, 2.24) is 0 Å². The summed E-state index contributed by atoms with van der Waals surface area (Å²) < 4.78 is -0.798. The number of quaternary nitrogens is 1. The van der Waals surface area contributed by atoms with Crippen LogP contribution in [0.3, 0.4) is 0 Å². The lowest BCUT2D eigenvalue weighted by Crippen LogP contribution is -2.61. The van der Waals surface area contributed by atoms with E-state index in [2.05, 4.69) is 0 Å². The maximum atomic E-state index is 12.9. The van der Waals surface area contributed by atoms with Crippen molar-refractivity contribution in [2.75, 3.05) is 12.3 Å². The number of rotatable bonds is 4. The molecule has 132 valence electrons. The van der Waals surface area contributed by atoms with Crippen LogP contribution in [0, 0.1) is 5.92 Å². The lowest BCUT2D eigenvalue weighted by molar-refractivity contribution is -0.797. The van der Waals surface area contributed by atoms with E-state index in [-0.39, 0.29) is 23.8 Å². The number of carbonyl (C=O) groups is 3. The van der Waals surface area contributed by atoms with E-state index < -0.39 is 34.0 Å². The fourth-order valence-electron chi connectivity index (χ4n) is 3.35. The summed E-state index contributed by atoms with van der Waals surface area (Å²) in [6.07, 6.45) is -1.04. The summed E-state index contributed by atoms with van der Waals surface area (Å²) >= 11 is 2.37. The smallest absolute Gasteiger partial charge is 0.435 e. The van der Waals surface area contributed by atoms with Crippen molar-refractivity contribution in [3.63, 3.8) is 0 Å². The average molecular weight is 372 g/mol. The lowest BCUT2D eigenvalue weighted by Gasteiger charge is -2.32. The Labute approximate surface area is 149 Å². The Morgan fingerprint density at radius 1 is 1.50 bits per heavy atom. The number of likely N-dealkylation sites (tertiary alicyclic amines) is 1. The molecule has 0 aliphatic carbocycles. The molecular weight excluding hydrogens is 350 g/mol. The normalized spacial score (nSPS) is 30.9. The highest BCUT2D eigenvalue weighted by atomic mass is 32.2. The molecule has 0 spiro atoms. The van der Waals surface area contributed by atoms with Gasteiger partial charge in [-0.1, -0.05) is 17.8 Å². The molecule has 8 heteroatoms. The zero-order valence-electron chi connectivity index (χ0n) is 13.9. The predicted octanol–water partition coefficient (Wildman–Crippen LogP) is 2.67. The van der Waals surface area contributed by atoms with Crippen LogP contribution in [0.1, 0.15) is 32.1 Å². The van der Waals surface area contributed by atoms with Gasteiger partial charge in [0.25, 0.3) is 0 Å². The number of amides is 2. The van der Waals surface area contributed by atoms with Gasteiger partial charge >= 0.3 is 12.0 Å². The number of thioether (sulfide) groups is 1. The molecular formula is C16H22NO5S2+. The molecule has 2 N–H and O–H groups in total. The summed E-state index contributed by atoms with van der Waals surface area (Å²) in [6, 6.07) is 3.01. The van der Waals surface area contributed by atoms with Crippen LogP contribution in [0.5, 0.6) is 0 Å². The number of carboxylic acid groups (broad SMARTS) is 1. The molecule has 6 nitrogen and oxygen atoms in total. The van der Waals surface area contributed by atoms with Crippen LogP contribution in [0.25, 0.3) is 0 Å². The molecule has 0 aromatic carbocycles. The summed E-state index contributed by atoms with van der Waals surface area (Å²) in [7, 11) is 0. The second-order valence-electron chi connectivity index (χ2n) is 6.41. The van der Waals surface area contributed by atoms with Crippen LogP contribution < -0.4 is 0 Å². The molecule has 0 saturated carbocycles. The summed E-state index contributed by atoms with van der Waals surface area (Å²) in [5.74, 6) is -0.814. The van der Waals surface area contributed by atoms with Crippen molar-refractivity contribution in [2.45, 2.75) is 38.8 Å². The zero-order valence-corrected chi connectivity index (χ0v) is 15.5. The zero-order chi connectivity index (χ0) is 18.1. The highest BCUT2D eigenvalue weighted by Crippen LogP contribution is 2.43. The van der Waals surface area contributed by atoms with Gasteiger partial charge in [0.05, 0.1) is 5.92 Å². The van der Waals surface area contributed by atoms with Gasteiger partial charge in [-0.2, -0.15) is 9.28 Å². The van der Waals surface area contributed by atoms with Gasteiger partial charge in [0.15, 0.2) is 10.7 Å². The monoisotopic (exact) mass is 372 g/mol. The van der Waals surface area contributed by atoms with Gasteiger partial charge < -0.3 is 10.2 Å². The topological polar surface area (TPSA) is 91.7 Å². The molecule has 0 radical (unpaired) electrons. The molecule has 1 aromatic rings. The van der Waals surface area contributed by atoms with E-state index in [1.54, 1.807) is 26.0 Å². The fraction of sp³-hybridized carbons (Fsp3) is 0.562. The molecule has 1 aliphatic heterocycles. The van der Waals surface area contributed by atoms with Crippen LogP contribution in [-0.4, -0.2) is 50.2 Å². The molecule has 1 saturated heterocycles. The quantitative estimate of drug-likeness (QED) is 0.790. The maximum Gasteiger partial charge on any atom is 0.521 e. The van der Waals surface area contributed by atoms with Gasteiger partial charge in [-0.15, -0.1) is 11.3 Å². The Balaban J connectivity index is 2.32. The molecule has 1 fully saturated rings. The Morgan fingerprint density at radius 3 is 2.67 bits per heavy atom. The molecule has 4 atom stereocenters. The number of nitrogens with zero attached hydrogens (tertiary/aromatic N) is 1. The highest BCUT2D eigenvalue weighted by Gasteiger charge is 2.63. The first-order valence-electron chi connectivity index (χ1n) is 7.69. The van der Waals surface area contributed by atoms with Gasteiger partial charge in [-0.05, 0) is 25.3 Å². The largest absolute Gasteiger partial charge is 0.521 e. The van der Waals surface area contributed by atoms with Gasteiger partial charge in [0.1, 0.15) is 12.6 Å². The van der Waals surface area contributed by atoms with Gasteiger partial charge in [-0.3, -0.25) is 4.79 Å². The minimum Gasteiger partial charge on any atom is -0.435 e. The lowest BCUT2D eigenvalue weighted by atomic mass is 9.99. The molecule has 1 aliphatic rings. The van der Waals surface area contributed by atoms with Crippen LogP contribution in [0.15, 0.2) is 17.5 Å². The van der Waals surface area contributed by atoms with Crippen molar-refractivity contribution >= 4 is 40.2 Å². The van der Waals surface area contributed by atoms with Crippen LogP contribution in [0.4, 0.5) is 4.79 Å². The number of hydrogen-bond acceptors (Lipinski definition) is 6. The van der Waals surface area contributed by atoms with E-state index in [0.29, 0.717) is 4.88 Å². The Kier molecular flexibility index (Phi) is 5.54. The minimum atomic E-state index is -1.32. The summed E-state index contributed by atoms with van der Waals surface area (Å²) in [5.41, 5.74) is -1.32. The first kappa shape index (κ1) is 19.1. The van der Waals surface area contributed by atoms with Crippen molar-refractivity contribution in [3.05, 3.63) is 22.4 Å². The number of carbonyl (C=O) groups excluding carboxylic acids is 2. The van der Waals surface area contributed by atoms with Crippen LogP contribution in [-0.2, 0) is 15.2 Å². The standard InChI is InChI=1S/C16H21NO5S2/c1-10(8-24-12(3)18)14(19)17(15(20)21)9-16(22,7-11(17)2)13-5-4-6-23-13/h4-6,10-11,22H,7-9H2,1-3H3/p+1/t10?,11?,16?,17-/m0/s1. The Morgan fingerprint density at radius 2 is 2.17 bits per heavy atom. The van der Waals surface area contributed by atoms with E-state index in [9.17, 15) is 24.6 Å². The Bertz CT molecular complexity index is 647. The van der Waals surface area contributed by atoms with E-state index in [4.69, 9.17) is 0 Å². The van der Waals surface area contributed by atoms with E-state index >= 15 is 0 Å². The van der Waals surface area contributed by atoms with Crippen LogP contribution in [0.2, 0.25) is 0 Å². The van der Waals surface area contributed by atoms with Gasteiger partial charge in [-0.25, -0.2) is 4.79 Å². The molecule has 2 heterocycles. The molecule has 0 bridgehead atoms. The number of imide groups is 1. The summed E-state index contributed by atoms with van der Waals surface area (Å²) in [6.45, 7) is 4.55. The average Bonchev–Trinajstić information content (AvgIpc) is 3.11. The second-order valence-corrected chi connectivity index (χ2v) is 8.56. The SMILES string of the molecule is CC(=O)SCC(C)C(=O)[N@+]1(C(=O)O)CC(O)(c2cccs2)CC1C. The van der Waals surface area contributed by atoms with Crippen molar-refractivity contribution < 1.29 is 29.1 Å². The predicted molar refractivity (Wildman–Crippen MR) is 92.8 cm³/mol. The minimum absolute atomic E-state index is 0.110. The van der Waals surface area contributed by atoms with E-state index in [1.807, 2.05) is 5.38 Å². The summed E-state index contributed by atoms with van der Waals surface area (Å²) in [4.78, 5) is 36.8. The first-order chi connectivity index (χ1) is 11.1. The van der Waals surface area contributed by atoms with Crippen LogP contribution >= 0.6 is 23.1 Å². The highest BCUT2D eigenvalue weighted by molar-refractivity contribution is 8.13. The number of hydrogen-bond donors (Lipinski definition) is 2. The van der Waals surface area contributed by atoms with Crippen molar-refractivity contribution in [3.8, 4) is 0 Å². The number of aliphatic hydroxyl groups is 1. The molecule has 24 heavy (non-hydrogen) atoms. The third-order valence-corrected chi connectivity index (χ3v) is 6.71. The second kappa shape index (κ2) is 6.95. The third-order valence-electron chi connectivity index (χ3n) is 4.57. The first-order valence-corrected chi connectivity index (χ1v) is 9.55. The van der Waals surface area contributed by atoms with Gasteiger partial charge in [0.2, 0.25) is 0 Å². The third kappa shape index (κ3) is 3.28. The summed E-state index contributed by atoms with van der Waals surface area (Å²) in [5, 5.41) is 22.5. The molecule has 2 amide bonds. The Hall–Kier alpha value is -1.22. The number of thiophene rings is 1. The maximum absolute atomic E-state index is 12.9. The van der Waals surface area contributed by atoms with Crippen molar-refractivity contribution in [2.24, 2.45) is 5.92 Å². The molecule has 2 rings (SSSR count). The van der Waals surface area contributed by atoms with E-state index in [0.717, 1.165) is 11.8 Å². The van der Waals surface area contributed by atoms with Crippen molar-refractivity contribution in [1.29, 1.82) is 0 Å². The van der Waals surface area contributed by atoms with E-state index in [1.165, 1.54) is 18.3 Å². The molecule has 1 aromatic heterocycles. The van der Waals surface area contributed by atoms with Gasteiger partial charge in [0, 0.05) is 24.0 Å².